The average molecular weight is 272 g/mol. The summed E-state index contributed by atoms with van der Waals surface area (Å²) in [6.45, 7) is 13.0. The molecule has 1 fully saturated rings. The Morgan fingerprint density at radius 1 is 1.47 bits per heavy atom. The van der Waals surface area contributed by atoms with Crippen molar-refractivity contribution in [3.05, 3.63) is 0 Å². The summed E-state index contributed by atoms with van der Waals surface area (Å²) in [4.78, 5) is 13.9. The largest absolute Gasteiger partial charge is 0.444 e. The standard InChI is InChI=1S/C14H28N2O3/c1-6-12-10-18-11(2)9-16(12)8-7-15-13(17)19-14(3,4)5/h11-12H,6-10H2,1-5H3,(H,15,17)/t11-,12+/m1/s1. The summed E-state index contributed by atoms with van der Waals surface area (Å²) in [6.07, 6.45) is 0.991. The van der Waals surface area contributed by atoms with E-state index in [0.717, 1.165) is 26.1 Å². The Bertz CT molecular complexity index is 289. The van der Waals surface area contributed by atoms with Crippen molar-refractivity contribution in [3.63, 3.8) is 0 Å². The molecule has 5 nitrogen and oxygen atoms in total. The molecule has 1 amide bonds. The topological polar surface area (TPSA) is 50.8 Å². The summed E-state index contributed by atoms with van der Waals surface area (Å²) in [6, 6.07) is 0.455. The molecule has 1 aliphatic heterocycles. The molecular weight excluding hydrogens is 244 g/mol. The second-order valence-corrected chi connectivity index (χ2v) is 6.13. The van der Waals surface area contributed by atoms with Crippen LogP contribution in [0.25, 0.3) is 0 Å². The molecule has 0 unspecified atom stereocenters. The van der Waals surface area contributed by atoms with Crippen molar-refractivity contribution in [1.29, 1.82) is 0 Å². The summed E-state index contributed by atoms with van der Waals surface area (Å²) in [7, 11) is 0. The molecule has 0 radical (unpaired) electrons. The lowest BCUT2D eigenvalue weighted by molar-refractivity contribution is -0.0551. The van der Waals surface area contributed by atoms with Gasteiger partial charge in [0.1, 0.15) is 5.60 Å². The molecule has 5 heteroatoms. The number of carbonyl (C=O) groups excluding carboxylic acids is 1. The monoisotopic (exact) mass is 272 g/mol. The second-order valence-electron chi connectivity index (χ2n) is 6.13. The molecule has 0 aromatic heterocycles. The normalized spacial score (nSPS) is 25.1. The van der Waals surface area contributed by atoms with Gasteiger partial charge in [0.05, 0.1) is 12.7 Å². The van der Waals surface area contributed by atoms with Gasteiger partial charge in [0, 0.05) is 25.7 Å². The van der Waals surface area contributed by atoms with E-state index in [2.05, 4.69) is 24.1 Å². The number of carbonyl (C=O) groups is 1. The fraction of sp³-hybridized carbons (Fsp3) is 0.929. The first-order valence-electron chi connectivity index (χ1n) is 7.14. The van der Waals surface area contributed by atoms with Crippen LogP contribution in [0.5, 0.6) is 0 Å². The molecule has 112 valence electrons. The van der Waals surface area contributed by atoms with E-state index in [1.807, 2.05) is 20.8 Å². The second kappa shape index (κ2) is 7.10. The van der Waals surface area contributed by atoms with Gasteiger partial charge in [0.2, 0.25) is 0 Å². The van der Waals surface area contributed by atoms with E-state index in [0.29, 0.717) is 12.6 Å². The molecule has 1 N–H and O–H groups in total. The molecule has 1 heterocycles. The Hall–Kier alpha value is -0.810. The van der Waals surface area contributed by atoms with E-state index in [1.165, 1.54) is 0 Å². The van der Waals surface area contributed by atoms with Crippen molar-refractivity contribution >= 4 is 6.09 Å². The van der Waals surface area contributed by atoms with Gasteiger partial charge in [-0.05, 0) is 34.1 Å². The molecule has 0 aliphatic carbocycles. The minimum Gasteiger partial charge on any atom is -0.444 e. The summed E-state index contributed by atoms with van der Waals surface area (Å²) < 4.78 is 10.9. The van der Waals surface area contributed by atoms with Crippen molar-refractivity contribution in [1.82, 2.24) is 10.2 Å². The van der Waals surface area contributed by atoms with Gasteiger partial charge in [-0.2, -0.15) is 0 Å². The minimum atomic E-state index is -0.441. The van der Waals surface area contributed by atoms with Gasteiger partial charge in [-0.15, -0.1) is 0 Å². The Morgan fingerprint density at radius 3 is 2.74 bits per heavy atom. The van der Waals surface area contributed by atoms with Crippen LogP contribution in [0.1, 0.15) is 41.0 Å². The van der Waals surface area contributed by atoms with Crippen LogP contribution in [-0.4, -0.2) is 55.0 Å². The van der Waals surface area contributed by atoms with E-state index in [4.69, 9.17) is 9.47 Å². The molecule has 0 saturated carbocycles. The zero-order valence-electron chi connectivity index (χ0n) is 12.9. The molecule has 1 aliphatic rings. The van der Waals surface area contributed by atoms with Gasteiger partial charge in [-0.3, -0.25) is 4.90 Å². The third kappa shape index (κ3) is 6.25. The number of amides is 1. The maximum atomic E-state index is 11.5. The third-order valence-electron chi connectivity index (χ3n) is 3.12. The SMILES string of the molecule is CC[C@H]1CO[C@H](C)CN1CCNC(=O)OC(C)(C)C. The van der Waals surface area contributed by atoms with Crippen molar-refractivity contribution in [2.45, 2.75) is 58.8 Å². The van der Waals surface area contributed by atoms with Gasteiger partial charge in [0.25, 0.3) is 0 Å². The van der Waals surface area contributed by atoms with Crippen molar-refractivity contribution < 1.29 is 14.3 Å². The highest BCUT2D eigenvalue weighted by atomic mass is 16.6. The summed E-state index contributed by atoms with van der Waals surface area (Å²) in [5, 5.41) is 2.80. The summed E-state index contributed by atoms with van der Waals surface area (Å²) in [5.41, 5.74) is -0.441. The fourth-order valence-electron chi connectivity index (χ4n) is 2.18. The van der Waals surface area contributed by atoms with Crippen molar-refractivity contribution in [3.8, 4) is 0 Å². The smallest absolute Gasteiger partial charge is 0.407 e. The molecule has 0 aromatic carbocycles. The first-order valence-corrected chi connectivity index (χ1v) is 7.14. The van der Waals surface area contributed by atoms with Crippen LogP contribution in [-0.2, 0) is 9.47 Å². The van der Waals surface area contributed by atoms with Gasteiger partial charge in [0.15, 0.2) is 0 Å². The van der Waals surface area contributed by atoms with E-state index in [9.17, 15) is 4.79 Å². The van der Waals surface area contributed by atoms with E-state index >= 15 is 0 Å². The lowest BCUT2D eigenvalue weighted by Crippen LogP contribution is -2.51. The Balaban J connectivity index is 2.29. The third-order valence-corrected chi connectivity index (χ3v) is 3.12. The fourth-order valence-corrected chi connectivity index (χ4v) is 2.18. The summed E-state index contributed by atoms with van der Waals surface area (Å²) >= 11 is 0. The van der Waals surface area contributed by atoms with Gasteiger partial charge >= 0.3 is 6.09 Å². The van der Waals surface area contributed by atoms with Gasteiger partial charge in [-0.1, -0.05) is 6.92 Å². The molecule has 0 bridgehead atoms. The Morgan fingerprint density at radius 2 is 2.16 bits per heavy atom. The van der Waals surface area contributed by atoms with E-state index < -0.39 is 5.60 Å². The quantitative estimate of drug-likeness (QED) is 0.850. The average Bonchev–Trinajstić information content (AvgIpc) is 2.27. The van der Waals surface area contributed by atoms with Crippen LogP contribution < -0.4 is 5.32 Å². The maximum absolute atomic E-state index is 11.5. The molecule has 19 heavy (non-hydrogen) atoms. The van der Waals surface area contributed by atoms with Crippen molar-refractivity contribution in [2.24, 2.45) is 0 Å². The van der Waals surface area contributed by atoms with Crippen molar-refractivity contribution in [2.75, 3.05) is 26.2 Å². The predicted octanol–water partition coefficient (Wildman–Crippen LogP) is 2.01. The Kier molecular flexibility index (Phi) is 6.07. The summed E-state index contributed by atoms with van der Waals surface area (Å²) in [5.74, 6) is 0. The lowest BCUT2D eigenvalue weighted by atomic mass is 10.1. The zero-order chi connectivity index (χ0) is 14.5. The molecule has 2 atom stereocenters. The van der Waals surface area contributed by atoms with Crippen LogP contribution in [0, 0.1) is 0 Å². The van der Waals surface area contributed by atoms with Crippen LogP contribution in [0.4, 0.5) is 4.79 Å². The molecule has 0 aromatic rings. The zero-order valence-corrected chi connectivity index (χ0v) is 12.9. The van der Waals surface area contributed by atoms with Crippen LogP contribution in [0.3, 0.4) is 0 Å². The van der Waals surface area contributed by atoms with Crippen LogP contribution in [0.15, 0.2) is 0 Å². The first-order chi connectivity index (χ1) is 8.81. The van der Waals surface area contributed by atoms with E-state index in [-0.39, 0.29) is 12.2 Å². The number of rotatable bonds is 4. The number of alkyl carbamates (subject to hydrolysis) is 1. The highest BCUT2D eigenvalue weighted by molar-refractivity contribution is 5.67. The highest BCUT2D eigenvalue weighted by Crippen LogP contribution is 2.13. The molecule has 1 rings (SSSR count). The lowest BCUT2D eigenvalue weighted by Gasteiger charge is -2.38. The number of nitrogens with one attached hydrogen (secondary N) is 1. The highest BCUT2D eigenvalue weighted by Gasteiger charge is 2.25. The number of ether oxygens (including phenoxy) is 2. The van der Waals surface area contributed by atoms with E-state index in [1.54, 1.807) is 0 Å². The van der Waals surface area contributed by atoms with Crippen LogP contribution >= 0.6 is 0 Å². The molecular formula is C14H28N2O3. The molecule has 1 saturated heterocycles. The molecule has 0 spiro atoms. The minimum absolute atomic E-state index is 0.268. The van der Waals surface area contributed by atoms with Gasteiger partial charge < -0.3 is 14.8 Å². The first kappa shape index (κ1) is 16.2. The number of morpholine rings is 1. The van der Waals surface area contributed by atoms with Crippen LogP contribution in [0.2, 0.25) is 0 Å². The Labute approximate surface area is 116 Å². The number of nitrogens with zero attached hydrogens (tertiary/aromatic N) is 1. The number of hydrogen-bond donors (Lipinski definition) is 1. The predicted molar refractivity (Wildman–Crippen MR) is 75.3 cm³/mol. The number of hydrogen-bond acceptors (Lipinski definition) is 4. The van der Waals surface area contributed by atoms with Gasteiger partial charge in [-0.25, -0.2) is 4.79 Å². The maximum Gasteiger partial charge on any atom is 0.407 e.